The molecule has 0 radical (unpaired) electrons. The van der Waals surface area contributed by atoms with E-state index in [1.165, 1.54) is 12.1 Å². The van der Waals surface area contributed by atoms with Crippen molar-refractivity contribution in [3.63, 3.8) is 0 Å². The number of carbonyl (C=O) groups is 1. The van der Waals surface area contributed by atoms with Crippen LogP contribution in [0.4, 0.5) is 10.3 Å². The van der Waals surface area contributed by atoms with Crippen molar-refractivity contribution in [2.45, 2.75) is 38.6 Å². The smallest absolute Gasteiger partial charge is 0.230 e. The van der Waals surface area contributed by atoms with Crippen LogP contribution >= 0.6 is 0 Å². The SMILES string of the molecule is CC1(C(=O)NC2CC2)COC(c2nc(-c3ccc(F)cc3)c(-c3ccnc(NCc4ccncc4)n3)[nH]2)OC1. The Morgan fingerprint density at radius 2 is 1.79 bits per heavy atom. The zero-order valence-electron chi connectivity index (χ0n) is 21.4. The fourth-order valence-corrected chi connectivity index (χ4v) is 4.26. The molecule has 1 saturated carbocycles. The van der Waals surface area contributed by atoms with Gasteiger partial charge in [0, 0.05) is 36.7 Å². The molecule has 1 aromatic carbocycles. The van der Waals surface area contributed by atoms with Gasteiger partial charge in [0.15, 0.2) is 5.82 Å². The quantitative estimate of drug-likeness (QED) is 0.313. The Hall–Kier alpha value is -4.22. The van der Waals surface area contributed by atoms with Crippen molar-refractivity contribution in [1.82, 2.24) is 30.2 Å². The number of carbonyl (C=O) groups excluding carboxylic acids is 1. The largest absolute Gasteiger partial charge is 0.353 e. The van der Waals surface area contributed by atoms with Gasteiger partial charge >= 0.3 is 0 Å². The van der Waals surface area contributed by atoms with Gasteiger partial charge in [0.25, 0.3) is 0 Å². The number of aromatic amines is 1. The summed E-state index contributed by atoms with van der Waals surface area (Å²) in [5, 5.41) is 6.25. The molecule has 39 heavy (non-hydrogen) atoms. The van der Waals surface area contributed by atoms with Crippen LogP contribution in [0.25, 0.3) is 22.6 Å². The summed E-state index contributed by atoms with van der Waals surface area (Å²) in [6.45, 7) is 2.74. The highest BCUT2D eigenvalue weighted by atomic mass is 19.1. The fourth-order valence-electron chi connectivity index (χ4n) is 4.26. The van der Waals surface area contributed by atoms with Crippen LogP contribution in [0.3, 0.4) is 0 Å². The summed E-state index contributed by atoms with van der Waals surface area (Å²) in [6.07, 6.45) is 6.34. The molecule has 3 aromatic heterocycles. The highest BCUT2D eigenvalue weighted by Crippen LogP contribution is 2.36. The van der Waals surface area contributed by atoms with Crippen LogP contribution in [0.2, 0.25) is 0 Å². The number of pyridine rings is 1. The molecule has 4 heterocycles. The van der Waals surface area contributed by atoms with Crippen LogP contribution in [0.5, 0.6) is 0 Å². The van der Waals surface area contributed by atoms with Crippen LogP contribution in [-0.4, -0.2) is 50.1 Å². The predicted molar refractivity (Wildman–Crippen MR) is 140 cm³/mol. The molecule has 0 atom stereocenters. The van der Waals surface area contributed by atoms with Crippen molar-refractivity contribution in [3.05, 3.63) is 78.3 Å². The third-order valence-electron chi connectivity index (χ3n) is 6.74. The lowest BCUT2D eigenvalue weighted by atomic mass is 9.91. The summed E-state index contributed by atoms with van der Waals surface area (Å²) in [4.78, 5) is 33.8. The zero-order valence-corrected chi connectivity index (χ0v) is 21.4. The van der Waals surface area contributed by atoms with Crippen molar-refractivity contribution in [1.29, 1.82) is 0 Å². The minimum absolute atomic E-state index is 0.0663. The van der Waals surface area contributed by atoms with E-state index in [1.807, 2.05) is 19.1 Å². The van der Waals surface area contributed by atoms with E-state index in [9.17, 15) is 9.18 Å². The Morgan fingerprint density at radius 3 is 2.51 bits per heavy atom. The number of hydrogen-bond donors (Lipinski definition) is 3. The normalized spacial score (nSPS) is 20.9. The van der Waals surface area contributed by atoms with E-state index >= 15 is 0 Å². The van der Waals surface area contributed by atoms with Gasteiger partial charge in [-0.25, -0.2) is 19.3 Å². The highest BCUT2D eigenvalue weighted by Gasteiger charge is 2.42. The maximum absolute atomic E-state index is 13.7. The average Bonchev–Trinajstić information content (AvgIpc) is 3.67. The topological polar surface area (TPSA) is 127 Å². The Balaban J connectivity index is 1.26. The monoisotopic (exact) mass is 529 g/mol. The summed E-state index contributed by atoms with van der Waals surface area (Å²) in [7, 11) is 0. The molecule has 0 unspecified atom stereocenters. The number of nitrogens with zero attached hydrogens (tertiary/aromatic N) is 4. The number of rotatable bonds is 8. The molecule has 1 aliphatic carbocycles. The second-order valence-electron chi connectivity index (χ2n) is 10.1. The van der Waals surface area contributed by atoms with Crippen LogP contribution in [0.15, 0.2) is 61.1 Å². The summed E-state index contributed by atoms with van der Waals surface area (Å²) in [5.41, 5.74) is 2.72. The Labute approximate surface area is 224 Å². The van der Waals surface area contributed by atoms with Crippen molar-refractivity contribution >= 4 is 11.9 Å². The van der Waals surface area contributed by atoms with E-state index in [1.54, 1.807) is 36.8 Å². The highest BCUT2D eigenvalue weighted by molar-refractivity contribution is 5.83. The third kappa shape index (κ3) is 5.64. The van der Waals surface area contributed by atoms with E-state index in [-0.39, 0.29) is 31.0 Å². The predicted octanol–water partition coefficient (Wildman–Crippen LogP) is 4.01. The van der Waals surface area contributed by atoms with E-state index in [0.717, 1.165) is 18.4 Å². The van der Waals surface area contributed by atoms with E-state index < -0.39 is 11.7 Å². The number of benzene rings is 1. The lowest BCUT2D eigenvalue weighted by molar-refractivity contribution is -0.231. The number of ether oxygens (including phenoxy) is 2. The first-order valence-corrected chi connectivity index (χ1v) is 12.8. The van der Waals surface area contributed by atoms with Crippen molar-refractivity contribution in [3.8, 4) is 22.6 Å². The Bertz CT molecular complexity index is 1450. The fraction of sp³-hybridized carbons (Fsp3) is 0.321. The molecule has 200 valence electrons. The first kappa shape index (κ1) is 25.1. The van der Waals surface area contributed by atoms with E-state index in [4.69, 9.17) is 14.5 Å². The van der Waals surface area contributed by atoms with Crippen LogP contribution in [0.1, 0.15) is 37.4 Å². The molecule has 3 N–H and O–H groups in total. The van der Waals surface area contributed by atoms with E-state index in [0.29, 0.717) is 41.0 Å². The van der Waals surface area contributed by atoms with Gasteiger partial charge in [-0.1, -0.05) is 0 Å². The van der Waals surface area contributed by atoms with Gasteiger partial charge in [0.1, 0.15) is 5.82 Å². The second kappa shape index (κ2) is 10.5. The molecule has 10 nitrogen and oxygen atoms in total. The number of aromatic nitrogens is 5. The minimum atomic E-state index is -0.800. The van der Waals surface area contributed by atoms with Gasteiger partial charge in [-0.05, 0) is 67.8 Å². The Kier molecular flexibility index (Phi) is 6.76. The summed E-state index contributed by atoms with van der Waals surface area (Å²) in [5.74, 6) is 0.457. The lowest BCUT2D eigenvalue weighted by Crippen LogP contribution is -2.49. The molecule has 1 amide bonds. The van der Waals surface area contributed by atoms with Gasteiger partial charge in [0.2, 0.25) is 18.1 Å². The van der Waals surface area contributed by atoms with Crippen LogP contribution in [0, 0.1) is 11.2 Å². The van der Waals surface area contributed by atoms with Gasteiger partial charge in [0.05, 0.1) is 35.7 Å². The molecule has 4 aromatic rings. The second-order valence-corrected chi connectivity index (χ2v) is 10.1. The number of hydrogen-bond acceptors (Lipinski definition) is 8. The maximum atomic E-state index is 13.7. The average molecular weight is 530 g/mol. The molecule has 6 rings (SSSR count). The standard InChI is InChI=1S/C28H28FN7O3/c1-28(26(37)33-20-6-7-20)15-38-25(39-16-28)24-35-22(18-2-4-19(29)5-3-18)23(36-24)21-10-13-31-27(34-21)32-14-17-8-11-30-12-9-17/h2-5,8-13,20,25H,6-7,14-16H2,1H3,(H,33,37)(H,35,36)(H,31,32,34). The molecule has 0 bridgehead atoms. The number of nitrogens with one attached hydrogen (secondary N) is 3. The first-order chi connectivity index (χ1) is 19.0. The van der Waals surface area contributed by atoms with Crippen LogP contribution in [-0.2, 0) is 20.8 Å². The summed E-state index contributed by atoms with van der Waals surface area (Å²) >= 11 is 0. The number of imidazole rings is 1. The van der Waals surface area contributed by atoms with Gasteiger partial charge < -0.3 is 25.1 Å². The van der Waals surface area contributed by atoms with Crippen LogP contribution < -0.4 is 10.6 Å². The van der Waals surface area contributed by atoms with Gasteiger partial charge in [-0.2, -0.15) is 0 Å². The number of H-pyrrole nitrogens is 1. The number of amides is 1. The summed E-state index contributed by atoms with van der Waals surface area (Å²) < 4.78 is 25.7. The molecule has 1 aliphatic heterocycles. The molecule has 2 fully saturated rings. The zero-order chi connectivity index (χ0) is 26.8. The molecular weight excluding hydrogens is 501 g/mol. The van der Waals surface area contributed by atoms with Gasteiger partial charge in [-0.15, -0.1) is 0 Å². The molecular formula is C28H28FN7O3. The number of anilines is 1. The van der Waals surface area contributed by atoms with E-state index in [2.05, 4.69) is 30.6 Å². The maximum Gasteiger partial charge on any atom is 0.230 e. The van der Waals surface area contributed by atoms with Crippen molar-refractivity contribution in [2.24, 2.45) is 5.41 Å². The third-order valence-corrected chi connectivity index (χ3v) is 6.74. The number of halogens is 1. The van der Waals surface area contributed by atoms with Crippen molar-refractivity contribution < 1.29 is 18.7 Å². The Morgan fingerprint density at radius 1 is 1.05 bits per heavy atom. The molecule has 2 aliphatic rings. The molecule has 0 spiro atoms. The van der Waals surface area contributed by atoms with Crippen molar-refractivity contribution in [2.75, 3.05) is 18.5 Å². The molecule has 11 heteroatoms. The lowest BCUT2D eigenvalue weighted by Gasteiger charge is -2.35. The first-order valence-electron chi connectivity index (χ1n) is 12.8. The summed E-state index contributed by atoms with van der Waals surface area (Å²) in [6, 6.07) is 11.9. The minimum Gasteiger partial charge on any atom is -0.353 e. The van der Waals surface area contributed by atoms with Gasteiger partial charge in [-0.3, -0.25) is 9.78 Å². The molecule has 1 saturated heterocycles.